The summed E-state index contributed by atoms with van der Waals surface area (Å²) in [6.45, 7) is 7.66. The molecule has 2 fully saturated rings. The largest absolute Gasteiger partial charge is 0.384 e. The van der Waals surface area contributed by atoms with Gasteiger partial charge in [-0.3, -0.25) is 9.79 Å². The second kappa shape index (κ2) is 7.67. The Balaban J connectivity index is 1.11. The van der Waals surface area contributed by atoms with E-state index in [4.69, 9.17) is 10.7 Å². The van der Waals surface area contributed by atoms with Crippen molar-refractivity contribution in [2.45, 2.75) is 45.7 Å². The molecule has 1 saturated carbocycles. The first-order valence-corrected chi connectivity index (χ1v) is 11.9. The van der Waals surface area contributed by atoms with Crippen molar-refractivity contribution in [3.05, 3.63) is 46.4 Å². The van der Waals surface area contributed by atoms with E-state index in [9.17, 15) is 4.79 Å². The number of carbonyl (C=O) groups excluding carboxylic acids is 1. The summed E-state index contributed by atoms with van der Waals surface area (Å²) in [4.78, 5) is 24.5. The number of fused-ring (bicyclic) bond motifs is 1. The molecular weight excluding hydrogens is 416 g/mol. The highest BCUT2D eigenvalue weighted by atomic mass is 16.2. The molecule has 0 radical (unpaired) electrons. The fourth-order valence-electron chi connectivity index (χ4n) is 5.69. The van der Waals surface area contributed by atoms with Crippen LogP contribution >= 0.6 is 0 Å². The summed E-state index contributed by atoms with van der Waals surface area (Å²) >= 11 is 0. The number of anilines is 1. The highest BCUT2D eigenvalue weighted by molar-refractivity contribution is 5.99. The van der Waals surface area contributed by atoms with Crippen LogP contribution in [0.25, 0.3) is 0 Å². The highest BCUT2D eigenvalue weighted by Gasteiger charge is 2.45. The van der Waals surface area contributed by atoms with Crippen molar-refractivity contribution in [1.82, 2.24) is 25.3 Å². The lowest BCUT2D eigenvalue weighted by Crippen LogP contribution is -2.38. The minimum Gasteiger partial charge on any atom is -0.384 e. The number of nitrogens with one attached hydrogen (secondary N) is 1. The summed E-state index contributed by atoms with van der Waals surface area (Å²) in [5.41, 5.74) is 10.8. The average Bonchev–Trinajstić information content (AvgIpc) is 3.20. The number of rotatable bonds is 5. The molecule has 2 aliphatic heterocycles. The quantitative estimate of drug-likeness (QED) is 0.722. The maximum absolute atomic E-state index is 12.9. The summed E-state index contributed by atoms with van der Waals surface area (Å²) in [5, 5.41) is 11.5. The van der Waals surface area contributed by atoms with Crippen molar-refractivity contribution in [2.24, 2.45) is 28.5 Å². The summed E-state index contributed by atoms with van der Waals surface area (Å²) in [5.74, 6) is 3.54. The molecule has 4 atom stereocenters. The van der Waals surface area contributed by atoms with Crippen LogP contribution in [-0.4, -0.2) is 57.4 Å². The molecule has 4 aliphatic rings. The molecule has 0 aromatic carbocycles. The SMILES string of the molecule is Cc1nc(N2CC3CC3C2)ccc1Cn1cc(C(=O)N[C@@H]2CCC3=C2C(C)CN=C3N)nn1. The highest BCUT2D eigenvalue weighted by Crippen LogP contribution is 2.46. The predicted octanol–water partition coefficient (Wildman–Crippen LogP) is 1.68. The third-order valence-electron chi connectivity index (χ3n) is 7.67. The van der Waals surface area contributed by atoms with Gasteiger partial charge in [0, 0.05) is 25.3 Å². The molecule has 1 amide bonds. The molecule has 3 unspecified atom stereocenters. The molecule has 0 spiro atoms. The zero-order valence-electron chi connectivity index (χ0n) is 19.2. The second-order valence-corrected chi connectivity index (χ2v) is 10.0. The number of nitrogens with zero attached hydrogens (tertiary/aromatic N) is 6. The number of pyridine rings is 1. The minimum atomic E-state index is -0.203. The molecule has 0 bridgehead atoms. The number of dihydropyridines is 1. The first-order chi connectivity index (χ1) is 16.0. The van der Waals surface area contributed by atoms with Crippen molar-refractivity contribution < 1.29 is 4.79 Å². The normalized spacial score (nSPS) is 27.9. The van der Waals surface area contributed by atoms with Gasteiger partial charge in [0.25, 0.3) is 5.91 Å². The zero-order valence-corrected chi connectivity index (χ0v) is 19.2. The lowest BCUT2D eigenvalue weighted by atomic mass is 9.92. The van der Waals surface area contributed by atoms with Crippen molar-refractivity contribution >= 4 is 17.6 Å². The number of nitrogens with two attached hydrogens (primary N) is 1. The third-order valence-corrected chi connectivity index (χ3v) is 7.67. The van der Waals surface area contributed by atoms with E-state index < -0.39 is 0 Å². The van der Waals surface area contributed by atoms with E-state index in [1.165, 1.54) is 12.0 Å². The van der Waals surface area contributed by atoms with Gasteiger partial charge in [-0.25, -0.2) is 9.67 Å². The summed E-state index contributed by atoms with van der Waals surface area (Å²) < 4.78 is 1.71. The topological polar surface area (TPSA) is 114 Å². The van der Waals surface area contributed by atoms with Crippen molar-refractivity contribution in [3.63, 3.8) is 0 Å². The number of aryl methyl sites for hydroxylation is 1. The Morgan fingerprint density at radius 2 is 2.09 bits per heavy atom. The first kappa shape index (κ1) is 20.4. The van der Waals surface area contributed by atoms with Crippen LogP contribution < -0.4 is 16.0 Å². The van der Waals surface area contributed by atoms with Crippen molar-refractivity contribution in [3.8, 4) is 0 Å². The van der Waals surface area contributed by atoms with Gasteiger partial charge in [-0.1, -0.05) is 18.2 Å². The summed E-state index contributed by atoms with van der Waals surface area (Å²) in [6, 6.07) is 4.20. The number of aromatic nitrogens is 4. The van der Waals surface area contributed by atoms with Crippen LogP contribution in [0, 0.1) is 24.7 Å². The van der Waals surface area contributed by atoms with Gasteiger partial charge in [0.15, 0.2) is 5.69 Å². The summed E-state index contributed by atoms with van der Waals surface area (Å²) in [7, 11) is 0. The molecule has 172 valence electrons. The van der Waals surface area contributed by atoms with Gasteiger partial charge in [0.1, 0.15) is 11.7 Å². The van der Waals surface area contributed by atoms with Gasteiger partial charge in [0.2, 0.25) is 0 Å². The van der Waals surface area contributed by atoms with Gasteiger partial charge in [-0.05, 0) is 66.7 Å². The van der Waals surface area contributed by atoms with Crippen LogP contribution in [0.3, 0.4) is 0 Å². The lowest BCUT2D eigenvalue weighted by Gasteiger charge is -2.24. The maximum atomic E-state index is 12.9. The van der Waals surface area contributed by atoms with Crippen molar-refractivity contribution in [1.29, 1.82) is 0 Å². The summed E-state index contributed by atoms with van der Waals surface area (Å²) in [6.07, 6.45) is 4.80. The predicted molar refractivity (Wildman–Crippen MR) is 125 cm³/mol. The molecule has 3 N–H and O–H groups in total. The first-order valence-electron chi connectivity index (χ1n) is 11.9. The van der Waals surface area contributed by atoms with Gasteiger partial charge in [0.05, 0.1) is 18.8 Å². The smallest absolute Gasteiger partial charge is 0.273 e. The molecule has 9 heteroatoms. The fourth-order valence-corrected chi connectivity index (χ4v) is 5.69. The molecule has 2 aromatic heterocycles. The third kappa shape index (κ3) is 3.69. The van der Waals surface area contributed by atoms with Gasteiger partial charge < -0.3 is 16.0 Å². The monoisotopic (exact) mass is 446 g/mol. The van der Waals surface area contributed by atoms with E-state index in [-0.39, 0.29) is 11.9 Å². The van der Waals surface area contributed by atoms with E-state index in [2.05, 4.69) is 44.6 Å². The van der Waals surface area contributed by atoms with Gasteiger partial charge in [-0.15, -0.1) is 5.10 Å². The number of hydrogen-bond acceptors (Lipinski definition) is 7. The Morgan fingerprint density at radius 1 is 1.27 bits per heavy atom. The number of carbonyl (C=O) groups is 1. The van der Waals surface area contributed by atoms with E-state index in [1.807, 2.05) is 6.92 Å². The van der Waals surface area contributed by atoms with E-state index in [1.54, 1.807) is 10.9 Å². The molecule has 33 heavy (non-hydrogen) atoms. The van der Waals surface area contributed by atoms with E-state index >= 15 is 0 Å². The molecule has 9 nitrogen and oxygen atoms in total. The second-order valence-electron chi connectivity index (χ2n) is 10.0. The number of amidine groups is 1. The van der Waals surface area contributed by atoms with E-state index in [0.717, 1.165) is 60.4 Å². The maximum Gasteiger partial charge on any atom is 0.273 e. The number of aliphatic imine (C=N–C) groups is 1. The Labute approximate surface area is 193 Å². The van der Waals surface area contributed by atoms with Crippen LogP contribution in [0.15, 0.2) is 34.5 Å². The molecule has 4 heterocycles. The van der Waals surface area contributed by atoms with Gasteiger partial charge in [-0.2, -0.15) is 0 Å². The zero-order chi connectivity index (χ0) is 22.7. The van der Waals surface area contributed by atoms with Gasteiger partial charge >= 0.3 is 0 Å². The number of amides is 1. The standard InChI is InChI=1S/C24H30N8O/c1-13-8-26-23(25)18-4-5-19(22(13)18)28-24(33)20-12-32(30-29-20)11-15-3-6-21(27-14(15)2)31-9-16-7-17(16)10-31/h3,6,12-13,16-17,19H,4-5,7-11H2,1-2H3,(H2,25,26)(H,28,33)/t13?,16?,17?,19-/m1/s1. The Bertz CT molecular complexity index is 1170. The van der Waals surface area contributed by atoms with Crippen LogP contribution in [-0.2, 0) is 6.54 Å². The van der Waals surface area contributed by atoms with Crippen LogP contribution in [0.4, 0.5) is 5.82 Å². The van der Waals surface area contributed by atoms with E-state index in [0.29, 0.717) is 30.5 Å². The molecule has 1 saturated heterocycles. The van der Waals surface area contributed by atoms with Crippen LogP contribution in [0.2, 0.25) is 0 Å². The molecule has 2 aromatic rings. The number of hydrogen-bond donors (Lipinski definition) is 2. The lowest BCUT2D eigenvalue weighted by molar-refractivity contribution is 0.0936. The Hall–Kier alpha value is -3.23. The fraction of sp³-hybridized carbons (Fsp3) is 0.542. The molecule has 2 aliphatic carbocycles. The van der Waals surface area contributed by atoms with Crippen LogP contribution in [0.1, 0.15) is 47.9 Å². The number of piperidine rings is 1. The minimum absolute atomic E-state index is 0.0164. The van der Waals surface area contributed by atoms with Crippen LogP contribution in [0.5, 0.6) is 0 Å². The van der Waals surface area contributed by atoms with Crippen molar-refractivity contribution in [2.75, 3.05) is 24.5 Å². The average molecular weight is 447 g/mol. The molecular formula is C24H30N8O. The Morgan fingerprint density at radius 3 is 2.88 bits per heavy atom. The Kier molecular flexibility index (Phi) is 4.74. The molecule has 6 rings (SSSR count).